The van der Waals surface area contributed by atoms with Gasteiger partial charge in [-0.05, 0) is 37.9 Å². The smallest absolute Gasteiger partial charge is 0.241 e. The monoisotopic (exact) mass is 355 g/mol. The Morgan fingerprint density at radius 1 is 1.31 bits per heavy atom. The predicted octanol–water partition coefficient (Wildman–Crippen LogP) is 2.04. The molecule has 0 bridgehead atoms. The van der Waals surface area contributed by atoms with E-state index in [1.165, 1.54) is 6.21 Å². The Morgan fingerprint density at radius 3 is 2.96 bits per heavy atom. The number of amides is 1. The average Bonchev–Trinajstić information content (AvgIpc) is 3.39. The van der Waals surface area contributed by atoms with E-state index < -0.39 is 12.0 Å². The third kappa shape index (κ3) is 2.88. The van der Waals surface area contributed by atoms with Crippen molar-refractivity contribution >= 4 is 28.9 Å². The van der Waals surface area contributed by atoms with Crippen molar-refractivity contribution in [2.45, 2.75) is 31.3 Å². The molecule has 7 heteroatoms. The molecule has 1 unspecified atom stereocenters. The molecule has 4 rings (SSSR count). The summed E-state index contributed by atoms with van der Waals surface area (Å²) in [7, 11) is 0. The molecular weight excluding hydrogens is 334 g/mol. The van der Waals surface area contributed by atoms with Gasteiger partial charge in [-0.2, -0.15) is 0 Å². The zero-order chi connectivity index (χ0) is 18.1. The van der Waals surface area contributed by atoms with Gasteiger partial charge in [-0.15, -0.1) is 0 Å². The zero-order valence-electron chi connectivity index (χ0n) is 14.3. The SMILES string of the molecule is O=C(c1cc2ccccc2o1)C1CCN[C@H]1C(=O)N1CCC[C@H]1C=NO. The van der Waals surface area contributed by atoms with Crippen molar-refractivity contribution in [1.82, 2.24) is 10.2 Å². The lowest BCUT2D eigenvalue weighted by Crippen LogP contribution is -2.50. The predicted molar refractivity (Wildman–Crippen MR) is 95.5 cm³/mol. The Labute approximate surface area is 150 Å². The molecule has 1 amide bonds. The first kappa shape index (κ1) is 16.8. The van der Waals surface area contributed by atoms with Crippen LogP contribution in [0.3, 0.4) is 0 Å². The second kappa shape index (κ2) is 6.92. The molecular formula is C19H21N3O4. The highest BCUT2D eigenvalue weighted by molar-refractivity contribution is 6.02. The fourth-order valence-electron chi connectivity index (χ4n) is 4.01. The normalized spacial score (nSPS) is 26.2. The number of benzene rings is 1. The molecule has 2 aliphatic heterocycles. The van der Waals surface area contributed by atoms with E-state index in [4.69, 9.17) is 9.62 Å². The van der Waals surface area contributed by atoms with Crippen LogP contribution in [0.1, 0.15) is 29.8 Å². The highest BCUT2D eigenvalue weighted by atomic mass is 16.4. The number of carbonyl (C=O) groups is 2. The highest BCUT2D eigenvalue weighted by Crippen LogP contribution is 2.28. The number of Topliss-reactive ketones (excluding diaryl/α,β-unsaturated/α-hetero) is 1. The van der Waals surface area contributed by atoms with Gasteiger partial charge < -0.3 is 19.8 Å². The van der Waals surface area contributed by atoms with E-state index in [0.29, 0.717) is 30.9 Å². The van der Waals surface area contributed by atoms with Crippen LogP contribution in [0.5, 0.6) is 0 Å². The molecule has 1 aromatic carbocycles. The molecule has 2 fully saturated rings. The number of hydrogen-bond acceptors (Lipinski definition) is 6. The minimum Gasteiger partial charge on any atom is -0.453 e. The summed E-state index contributed by atoms with van der Waals surface area (Å²) in [5.41, 5.74) is 0.670. The molecule has 7 nitrogen and oxygen atoms in total. The van der Waals surface area contributed by atoms with Crippen LogP contribution in [0.4, 0.5) is 0 Å². The van der Waals surface area contributed by atoms with Crippen LogP contribution in [0.25, 0.3) is 11.0 Å². The third-order valence-electron chi connectivity index (χ3n) is 5.31. The summed E-state index contributed by atoms with van der Waals surface area (Å²) < 4.78 is 5.70. The van der Waals surface area contributed by atoms with E-state index >= 15 is 0 Å². The molecule has 2 saturated heterocycles. The van der Waals surface area contributed by atoms with E-state index in [1.807, 2.05) is 24.3 Å². The maximum Gasteiger partial charge on any atom is 0.241 e. The van der Waals surface area contributed by atoms with E-state index in [9.17, 15) is 9.59 Å². The van der Waals surface area contributed by atoms with Gasteiger partial charge in [0.05, 0.1) is 24.2 Å². The summed E-state index contributed by atoms with van der Waals surface area (Å²) in [5, 5.41) is 15.9. The van der Waals surface area contributed by atoms with Crippen molar-refractivity contribution in [1.29, 1.82) is 0 Å². The number of nitrogens with one attached hydrogen (secondary N) is 1. The van der Waals surface area contributed by atoms with Crippen molar-refractivity contribution in [2.24, 2.45) is 11.1 Å². The van der Waals surface area contributed by atoms with Gasteiger partial charge in [-0.1, -0.05) is 23.4 Å². The minimum absolute atomic E-state index is 0.112. The van der Waals surface area contributed by atoms with Gasteiger partial charge >= 0.3 is 0 Å². The van der Waals surface area contributed by atoms with Gasteiger partial charge in [0.15, 0.2) is 5.76 Å². The molecule has 1 aromatic heterocycles. The van der Waals surface area contributed by atoms with Gasteiger partial charge in [-0.3, -0.25) is 9.59 Å². The molecule has 3 atom stereocenters. The number of furan rings is 1. The Hall–Kier alpha value is -2.67. The van der Waals surface area contributed by atoms with E-state index in [1.54, 1.807) is 11.0 Å². The summed E-state index contributed by atoms with van der Waals surface area (Å²) >= 11 is 0. The number of para-hydroxylation sites is 1. The second-order valence-corrected chi connectivity index (χ2v) is 6.85. The number of rotatable bonds is 4. The van der Waals surface area contributed by atoms with Crippen molar-refractivity contribution in [2.75, 3.05) is 13.1 Å². The van der Waals surface area contributed by atoms with Crippen LogP contribution >= 0.6 is 0 Å². The van der Waals surface area contributed by atoms with Gasteiger partial charge in [0, 0.05) is 11.9 Å². The van der Waals surface area contributed by atoms with Crippen LogP contribution < -0.4 is 5.32 Å². The number of ketones is 1. The second-order valence-electron chi connectivity index (χ2n) is 6.85. The van der Waals surface area contributed by atoms with E-state index in [-0.39, 0.29) is 17.7 Å². The molecule has 3 heterocycles. The summed E-state index contributed by atoms with van der Waals surface area (Å²) in [5.74, 6) is -0.404. The van der Waals surface area contributed by atoms with Crippen LogP contribution in [0, 0.1) is 5.92 Å². The van der Waals surface area contributed by atoms with Crippen molar-refractivity contribution in [3.8, 4) is 0 Å². The maximum absolute atomic E-state index is 13.0. The first-order valence-corrected chi connectivity index (χ1v) is 8.93. The topological polar surface area (TPSA) is 95.1 Å². The summed E-state index contributed by atoms with van der Waals surface area (Å²) in [6, 6.07) is 8.44. The molecule has 0 radical (unpaired) electrons. The fourth-order valence-corrected chi connectivity index (χ4v) is 4.01. The number of likely N-dealkylation sites (tertiary alicyclic amines) is 1. The lowest BCUT2D eigenvalue weighted by Gasteiger charge is -2.27. The minimum atomic E-state index is -0.566. The number of hydrogen-bond donors (Lipinski definition) is 2. The molecule has 26 heavy (non-hydrogen) atoms. The van der Waals surface area contributed by atoms with Gasteiger partial charge in [0.2, 0.25) is 11.7 Å². The van der Waals surface area contributed by atoms with Gasteiger partial charge in [0.25, 0.3) is 0 Å². The fraction of sp³-hybridized carbons (Fsp3) is 0.421. The summed E-state index contributed by atoms with van der Waals surface area (Å²) in [4.78, 5) is 27.7. The lowest BCUT2D eigenvalue weighted by atomic mass is 9.93. The molecule has 2 aliphatic rings. The number of fused-ring (bicyclic) bond motifs is 1. The largest absolute Gasteiger partial charge is 0.453 e. The third-order valence-corrected chi connectivity index (χ3v) is 5.31. The van der Waals surface area contributed by atoms with Crippen molar-refractivity contribution in [3.05, 3.63) is 36.1 Å². The molecule has 136 valence electrons. The Kier molecular flexibility index (Phi) is 4.46. The molecule has 0 spiro atoms. The highest BCUT2D eigenvalue weighted by Gasteiger charge is 2.43. The van der Waals surface area contributed by atoms with E-state index in [0.717, 1.165) is 18.2 Å². The standard InChI is InChI=1S/C19H21N3O4/c23-18(16-10-12-4-1-2-6-15(12)26-16)14-7-8-20-17(14)19(24)22-9-3-5-13(22)11-21-25/h1-2,4,6,10-11,13-14,17,20,25H,3,5,7-9H2/t13-,14?,17+/m0/s1. The Morgan fingerprint density at radius 2 is 2.15 bits per heavy atom. The van der Waals surface area contributed by atoms with Crippen molar-refractivity contribution in [3.63, 3.8) is 0 Å². The average molecular weight is 355 g/mol. The number of carbonyl (C=O) groups excluding carboxylic acids is 2. The van der Waals surface area contributed by atoms with Crippen LogP contribution in [-0.4, -0.2) is 53.2 Å². The summed E-state index contributed by atoms with van der Waals surface area (Å²) in [6.45, 7) is 1.22. The van der Waals surface area contributed by atoms with Gasteiger partial charge in [-0.25, -0.2) is 0 Å². The molecule has 0 aliphatic carbocycles. The Balaban J connectivity index is 1.56. The van der Waals surface area contributed by atoms with Gasteiger partial charge in [0.1, 0.15) is 5.58 Å². The molecule has 2 N–H and O–H groups in total. The summed E-state index contributed by atoms with van der Waals surface area (Å²) in [6.07, 6.45) is 3.61. The van der Waals surface area contributed by atoms with E-state index in [2.05, 4.69) is 10.5 Å². The van der Waals surface area contributed by atoms with Crippen LogP contribution in [0.2, 0.25) is 0 Å². The first-order chi connectivity index (χ1) is 12.7. The van der Waals surface area contributed by atoms with Crippen molar-refractivity contribution < 1.29 is 19.2 Å². The zero-order valence-corrected chi connectivity index (χ0v) is 14.3. The lowest BCUT2D eigenvalue weighted by molar-refractivity contribution is -0.133. The maximum atomic E-state index is 13.0. The van der Waals surface area contributed by atoms with Crippen LogP contribution in [0.15, 0.2) is 39.9 Å². The Bertz CT molecular complexity index is 826. The van der Waals surface area contributed by atoms with Crippen LogP contribution in [-0.2, 0) is 4.79 Å². The number of oxime groups is 1. The number of nitrogens with zero attached hydrogens (tertiary/aromatic N) is 2. The quantitative estimate of drug-likeness (QED) is 0.379. The first-order valence-electron chi connectivity index (χ1n) is 8.93. The molecule has 0 saturated carbocycles. The molecule has 2 aromatic rings.